The maximum absolute atomic E-state index is 13.0. The van der Waals surface area contributed by atoms with Crippen molar-refractivity contribution in [3.63, 3.8) is 0 Å². The lowest BCUT2D eigenvalue weighted by Gasteiger charge is -2.13. The molecule has 0 fully saturated rings. The van der Waals surface area contributed by atoms with Crippen molar-refractivity contribution < 1.29 is 18.3 Å². The molecule has 2 heterocycles. The van der Waals surface area contributed by atoms with Crippen LogP contribution in [0.5, 0.6) is 6.01 Å². The van der Waals surface area contributed by atoms with Crippen molar-refractivity contribution in [2.24, 2.45) is 0 Å². The summed E-state index contributed by atoms with van der Waals surface area (Å²) in [7, 11) is 0. The fraction of sp³-hybridized carbons (Fsp3) is 0.188. The molecule has 0 aliphatic heterocycles. The summed E-state index contributed by atoms with van der Waals surface area (Å²) in [4.78, 5) is 11.8. The molecule has 24 heavy (non-hydrogen) atoms. The first-order valence-electron chi connectivity index (χ1n) is 7.11. The molecule has 0 aliphatic rings. The lowest BCUT2D eigenvalue weighted by molar-refractivity contribution is -0.138. The van der Waals surface area contributed by atoms with Gasteiger partial charge in [-0.1, -0.05) is 18.2 Å². The highest BCUT2D eigenvalue weighted by molar-refractivity contribution is 5.77. The molecule has 0 amide bonds. The normalized spacial score (nSPS) is 11.8. The van der Waals surface area contributed by atoms with Gasteiger partial charge < -0.3 is 10.4 Å². The van der Waals surface area contributed by atoms with Gasteiger partial charge in [-0.05, 0) is 23.8 Å². The number of pyridine rings is 1. The molecule has 0 spiro atoms. The second kappa shape index (κ2) is 6.40. The molecular weight excluding hydrogens is 321 g/mol. The molecule has 0 saturated heterocycles. The highest BCUT2D eigenvalue weighted by atomic mass is 19.4. The third kappa shape index (κ3) is 3.43. The Bertz CT molecular complexity index is 867. The van der Waals surface area contributed by atoms with E-state index in [0.717, 1.165) is 6.07 Å². The van der Waals surface area contributed by atoms with Crippen molar-refractivity contribution >= 4 is 11.0 Å². The molecule has 1 aromatic carbocycles. The van der Waals surface area contributed by atoms with Gasteiger partial charge in [0.05, 0.1) is 11.3 Å². The number of rotatable bonds is 4. The van der Waals surface area contributed by atoms with Gasteiger partial charge in [0.15, 0.2) is 5.65 Å². The Kier molecular flexibility index (Phi) is 4.30. The largest absolute Gasteiger partial charge is 0.479 e. The number of aromatic hydroxyl groups is 1. The summed E-state index contributed by atoms with van der Waals surface area (Å²) in [5.41, 5.74) is 0.271. The minimum Gasteiger partial charge on any atom is -0.479 e. The van der Waals surface area contributed by atoms with Gasteiger partial charge >= 0.3 is 12.2 Å². The molecule has 3 aromatic rings. The average molecular weight is 334 g/mol. The van der Waals surface area contributed by atoms with Gasteiger partial charge in [-0.25, -0.2) is 4.98 Å². The lowest BCUT2D eigenvalue weighted by Crippen LogP contribution is -2.18. The second-order valence-corrected chi connectivity index (χ2v) is 5.10. The molecule has 5 nitrogen and oxygen atoms in total. The number of nitrogens with one attached hydrogen (secondary N) is 1. The third-order valence-corrected chi connectivity index (χ3v) is 3.47. The summed E-state index contributed by atoms with van der Waals surface area (Å²) >= 11 is 0. The average Bonchev–Trinajstić information content (AvgIpc) is 2.54. The Hall–Kier alpha value is -2.74. The topological polar surface area (TPSA) is 70.9 Å². The van der Waals surface area contributed by atoms with E-state index >= 15 is 0 Å². The maximum Gasteiger partial charge on any atom is 0.416 e. The molecule has 0 bridgehead atoms. The molecule has 0 atom stereocenters. The van der Waals surface area contributed by atoms with Crippen LogP contribution < -0.4 is 5.32 Å². The maximum atomic E-state index is 13.0. The number of alkyl halides is 3. The van der Waals surface area contributed by atoms with Crippen molar-refractivity contribution in [2.45, 2.75) is 19.3 Å². The predicted octanol–water partition coefficient (Wildman–Crippen LogP) is 3.04. The van der Waals surface area contributed by atoms with E-state index in [1.54, 1.807) is 18.2 Å². The molecule has 8 heteroatoms. The summed E-state index contributed by atoms with van der Waals surface area (Å²) in [5.74, 6) is 0. The summed E-state index contributed by atoms with van der Waals surface area (Å²) in [6, 6.07) is 8.40. The van der Waals surface area contributed by atoms with Crippen molar-refractivity contribution in [2.75, 3.05) is 0 Å². The van der Waals surface area contributed by atoms with Crippen LogP contribution in [-0.2, 0) is 19.3 Å². The summed E-state index contributed by atoms with van der Waals surface area (Å²) in [5, 5.41) is 13.1. The van der Waals surface area contributed by atoms with E-state index in [1.165, 1.54) is 18.3 Å². The molecule has 0 aliphatic carbocycles. The number of hydrogen-bond acceptors (Lipinski definition) is 5. The molecule has 2 aromatic heterocycles. The van der Waals surface area contributed by atoms with Gasteiger partial charge in [-0.3, -0.25) is 0 Å². The van der Waals surface area contributed by atoms with Gasteiger partial charge in [0.25, 0.3) is 0 Å². The Morgan fingerprint density at radius 1 is 1.00 bits per heavy atom. The fourth-order valence-corrected chi connectivity index (χ4v) is 2.41. The first kappa shape index (κ1) is 16.1. The lowest BCUT2D eigenvalue weighted by atomic mass is 10.1. The fourth-order valence-electron chi connectivity index (χ4n) is 2.41. The van der Waals surface area contributed by atoms with Crippen LogP contribution >= 0.6 is 0 Å². The molecule has 2 N–H and O–H groups in total. The van der Waals surface area contributed by atoms with Crippen LogP contribution in [0.1, 0.15) is 16.8 Å². The van der Waals surface area contributed by atoms with Crippen LogP contribution in [-0.4, -0.2) is 20.1 Å². The number of hydrogen-bond donors (Lipinski definition) is 2. The number of halogens is 3. The molecule has 3 rings (SSSR count). The van der Waals surface area contributed by atoms with E-state index in [0.29, 0.717) is 16.7 Å². The standard InChI is InChI=1S/C16H13F3N4O/c17-16(18,19)12-6-2-1-4-10(12)8-20-9-13-11-5-3-7-21-14(11)23-15(24)22-13/h1-7,20H,8-9H2,(H,21,22,23,24). The number of fused-ring (bicyclic) bond motifs is 1. The molecule has 124 valence electrons. The van der Waals surface area contributed by atoms with Crippen molar-refractivity contribution in [3.05, 3.63) is 59.4 Å². The Labute approximate surface area is 135 Å². The van der Waals surface area contributed by atoms with Crippen LogP contribution in [0, 0.1) is 0 Å². The highest BCUT2D eigenvalue weighted by Crippen LogP contribution is 2.31. The van der Waals surface area contributed by atoms with E-state index in [2.05, 4.69) is 20.3 Å². The predicted molar refractivity (Wildman–Crippen MR) is 81.0 cm³/mol. The number of nitrogens with zero attached hydrogens (tertiary/aromatic N) is 3. The van der Waals surface area contributed by atoms with Crippen molar-refractivity contribution in [1.29, 1.82) is 0 Å². The number of benzene rings is 1. The van der Waals surface area contributed by atoms with Crippen LogP contribution in [0.25, 0.3) is 11.0 Å². The van der Waals surface area contributed by atoms with E-state index in [1.807, 2.05) is 0 Å². The smallest absolute Gasteiger partial charge is 0.416 e. The Morgan fingerprint density at radius 2 is 1.79 bits per heavy atom. The van der Waals surface area contributed by atoms with Crippen LogP contribution in [0.4, 0.5) is 13.2 Å². The first-order valence-corrected chi connectivity index (χ1v) is 7.11. The van der Waals surface area contributed by atoms with E-state index < -0.39 is 17.8 Å². The van der Waals surface area contributed by atoms with E-state index in [9.17, 15) is 18.3 Å². The van der Waals surface area contributed by atoms with Crippen LogP contribution in [0.3, 0.4) is 0 Å². The minimum absolute atomic E-state index is 0.0161. The van der Waals surface area contributed by atoms with Gasteiger partial charge in [0.1, 0.15) is 0 Å². The van der Waals surface area contributed by atoms with Crippen molar-refractivity contribution in [3.8, 4) is 6.01 Å². The molecular formula is C16H13F3N4O. The van der Waals surface area contributed by atoms with Gasteiger partial charge in [-0.2, -0.15) is 23.1 Å². The molecule has 0 unspecified atom stereocenters. The van der Waals surface area contributed by atoms with Crippen molar-refractivity contribution in [1.82, 2.24) is 20.3 Å². The quantitative estimate of drug-likeness (QED) is 0.767. The Morgan fingerprint density at radius 3 is 2.58 bits per heavy atom. The second-order valence-electron chi connectivity index (χ2n) is 5.10. The molecule has 0 saturated carbocycles. The summed E-state index contributed by atoms with van der Waals surface area (Å²) in [6.07, 6.45) is -2.87. The van der Waals surface area contributed by atoms with E-state index in [-0.39, 0.29) is 18.7 Å². The zero-order chi connectivity index (χ0) is 17.2. The van der Waals surface area contributed by atoms with Gasteiger partial charge in [0.2, 0.25) is 0 Å². The van der Waals surface area contributed by atoms with Crippen LogP contribution in [0.15, 0.2) is 42.6 Å². The first-order chi connectivity index (χ1) is 11.4. The monoisotopic (exact) mass is 334 g/mol. The van der Waals surface area contributed by atoms with Gasteiger partial charge in [0, 0.05) is 24.7 Å². The molecule has 0 radical (unpaired) electrons. The summed E-state index contributed by atoms with van der Waals surface area (Å²) in [6.45, 7) is 0.187. The Balaban J connectivity index is 1.79. The minimum atomic E-state index is -4.40. The third-order valence-electron chi connectivity index (χ3n) is 3.47. The van der Waals surface area contributed by atoms with Crippen LogP contribution in [0.2, 0.25) is 0 Å². The number of aromatic nitrogens is 3. The zero-order valence-electron chi connectivity index (χ0n) is 12.4. The van der Waals surface area contributed by atoms with Gasteiger partial charge in [-0.15, -0.1) is 0 Å². The highest BCUT2D eigenvalue weighted by Gasteiger charge is 2.32. The SMILES string of the molecule is Oc1nc(CNCc2ccccc2C(F)(F)F)c2cccnc2n1. The summed E-state index contributed by atoms with van der Waals surface area (Å²) < 4.78 is 38.9. The zero-order valence-corrected chi connectivity index (χ0v) is 12.4. The van der Waals surface area contributed by atoms with E-state index in [4.69, 9.17) is 0 Å².